The largest absolute Gasteiger partial charge is 0.383 e. The molecule has 1 amide bonds. The van der Waals surface area contributed by atoms with E-state index in [2.05, 4.69) is 15.1 Å². The van der Waals surface area contributed by atoms with E-state index in [0.29, 0.717) is 17.2 Å². The molecule has 0 saturated carbocycles. The summed E-state index contributed by atoms with van der Waals surface area (Å²) in [5.41, 5.74) is 2.22. The average molecular weight is 347 g/mol. The van der Waals surface area contributed by atoms with E-state index in [9.17, 15) is 4.79 Å². The number of aromatic nitrogens is 2. The molecule has 0 saturated heterocycles. The molecule has 24 heavy (non-hydrogen) atoms. The average Bonchev–Trinajstić information content (AvgIpc) is 2.56. The number of hydrogen-bond acceptors (Lipinski definition) is 4. The molecule has 0 aliphatic heterocycles. The van der Waals surface area contributed by atoms with E-state index in [1.54, 1.807) is 39.1 Å². The molecule has 126 valence electrons. The van der Waals surface area contributed by atoms with Gasteiger partial charge in [0.1, 0.15) is 10.6 Å². The van der Waals surface area contributed by atoms with Gasteiger partial charge in [0.25, 0.3) is 5.91 Å². The van der Waals surface area contributed by atoms with Crippen molar-refractivity contribution < 1.29 is 9.63 Å². The van der Waals surface area contributed by atoms with Crippen molar-refractivity contribution in [3.8, 4) is 0 Å². The van der Waals surface area contributed by atoms with Crippen LogP contribution in [0.15, 0.2) is 52.9 Å². The van der Waals surface area contributed by atoms with Crippen molar-refractivity contribution in [1.82, 2.24) is 9.55 Å². The molecule has 0 fully saturated rings. The maximum atomic E-state index is 12.2. The zero-order valence-electron chi connectivity index (χ0n) is 13.8. The molecule has 0 N–H and O–H groups in total. The molecule has 2 aromatic rings. The Morgan fingerprint density at radius 2 is 2.12 bits per heavy atom. The van der Waals surface area contributed by atoms with Crippen molar-refractivity contribution in [2.45, 2.75) is 33.4 Å². The number of oxime groups is 1. The van der Waals surface area contributed by atoms with Crippen LogP contribution in [0.4, 0.5) is 0 Å². The van der Waals surface area contributed by atoms with Gasteiger partial charge in [0.05, 0.1) is 12.3 Å². The zero-order chi connectivity index (χ0) is 17.5. The molecule has 7 heteroatoms. The highest BCUT2D eigenvalue weighted by molar-refractivity contribution is 6.29. The predicted octanol–water partition coefficient (Wildman–Crippen LogP) is 2.81. The van der Waals surface area contributed by atoms with Gasteiger partial charge in [0.15, 0.2) is 0 Å². The van der Waals surface area contributed by atoms with Crippen LogP contribution in [0.2, 0.25) is 5.15 Å². The van der Waals surface area contributed by atoms with Crippen molar-refractivity contribution in [3.63, 3.8) is 0 Å². The lowest BCUT2D eigenvalue weighted by atomic mass is 10.3. The molecule has 2 aromatic heterocycles. The normalized spacial score (nSPS) is 12.6. The molecule has 0 aromatic carbocycles. The molecular weight excluding hydrogens is 328 g/mol. The van der Waals surface area contributed by atoms with Gasteiger partial charge >= 0.3 is 0 Å². The van der Waals surface area contributed by atoms with Gasteiger partial charge in [-0.25, -0.2) is 4.98 Å². The summed E-state index contributed by atoms with van der Waals surface area (Å²) in [7, 11) is 0. The van der Waals surface area contributed by atoms with E-state index in [1.165, 1.54) is 0 Å². The fraction of sp³-hybridized carbons (Fsp3) is 0.294. The van der Waals surface area contributed by atoms with Gasteiger partial charge in [0, 0.05) is 12.4 Å². The first-order valence-electron chi connectivity index (χ1n) is 7.47. The summed E-state index contributed by atoms with van der Waals surface area (Å²) in [6.07, 6.45) is 2.80. The summed E-state index contributed by atoms with van der Waals surface area (Å²) in [6, 6.07) is 9.07. The number of nitrogens with zero attached hydrogens (tertiary/aromatic N) is 4. The standard InChI is InChI=1S/C17H19ClN4O2/c1-12(2)21-24-13(3)17(23)20-16-6-4-5-9-22(16)11-14-7-8-15(18)19-10-14/h4-10,13H,11H2,1-3H3/b20-16+. The molecular formula is C17H19ClN4O2. The first-order chi connectivity index (χ1) is 11.5. The second kappa shape index (κ2) is 8.40. The summed E-state index contributed by atoms with van der Waals surface area (Å²) in [6.45, 7) is 5.73. The maximum Gasteiger partial charge on any atom is 0.291 e. The molecule has 1 unspecified atom stereocenters. The summed E-state index contributed by atoms with van der Waals surface area (Å²) in [5.74, 6) is -0.394. The van der Waals surface area contributed by atoms with Crippen LogP contribution >= 0.6 is 11.6 Å². The summed E-state index contributed by atoms with van der Waals surface area (Å²) >= 11 is 5.80. The number of rotatable bonds is 5. The van der Waals surface area contributed by atoms with Gasteiger partial charge in [-0.2, -0.15) is 4.99 Å². The second-order valence-corrected chi connectivity index (χ2v) is 5.80. The van der Waals surface area contributed by atoms with E-state index in [1.807, 2.05) is 29.0 Å². The van der Waals surface area contributed by atoms with Crippen LogP contribution in [0, 0.1) is 0 Å². The highest BCUT2D eigenvalue weighted by atomic mass is 35.5. The Balaban J connectivity index is 2.22. The highest BCUT2D eigenvalue weighted by Gasteiger charge is 2.13. The minimum atomic E-state index is -0.745. The third kappa shape index (κ3) is 5.31. The first-order valence-corrected chi connectivity index (χ1v) is 7.85. The molecule has 2 rings (SSSR count). The number of amides is 1. The number of carbonyl (C=O) groups excluding carboxylic acids is 1. The van der Waals surface area contributed by atoms with Gasteiger partial charge in [-0.1, -0.05) is 28.9 Å². The quantitative estimate of drug-likeness (QED) is 0.475. The fourth-order valence-corrected chi connectivity index (χ4v) is 1.94. The topological polar surface area (TPSA) is 68.8 Å². The number of pyridine rings is 2. The van der Waals surface area contributed by atoms with Crippen molar-refractivity contribution in [2.75, 3.05) is 0 Å². The Hall–Kier alpha value is -2.47. The molecule has 0 aliphatic rings. The van der Waals surface area contributed by atoms with Crippen LogP contribution in [0.25, 0.3) is 0 Å². The van der Waals surface area contributed by atoms with Crippen LogP contribution < -0.4 is 5.49 Å². The van der Waals surface area contributed by atoms with E-state index in [4.69, 9.17) is 16.4 Å². The summed E-state index contributed by atoms with van der Waals surface area (Å²) < 4.78 is 1.85. The smallest absolute Gasteiger partial charge is 0.291 e. The number of hydrogen-bond donors (Lipinski definition) is 0. The minimum absolute atomic E-state index is 0.394. The molecule has 0 radical (unpaired) electrons. The summed E-state index contributed by atoms with van der Waals surface area (Å²) in [4.78, 5) is 25.5. The highest BCUT2D eigenvalue weighted by Crippen LogP contribution is 2.06. The Bertz CT molecular complexity index is 793. The van der Waals surface area contributed by atoms with Gasteiger partial charge in [-0.05, 0) is 44.5 Å². The maximum absolute atomic E-state index is 12.2. The molecule has 0 bridgehead atoms. The SMILES string of the molecule is CC(C)=NOC(C)C(=O)/N=c1\ccccn1Cc1ccc(Cl)nc1. The van der Waals surface area contributed by atoms with Crippen molar-refractivity contribution >= 4 is 23.2 Å². The Labute approximate surface area is 145 Å². The lowest BCUT2D eigenvalue weighted by molar-refractivity contribution is -0.128. The zero-order valence-corrected chi connectivity index (χ0v) is 14.6. The minimum Gasteiger partial charge on any atom is -0.383 e. The van der Waals surface area contributed by atoms with Crippen molar-refractivity contribution in [2.24, 2.45) is 10.1 Å². The fourth-order valence-electron chi connectivity index (χ4n) is 1.83. The van der Waals surface area contributed by atoms with Crippen LogP contribution in [-0.4, -0.2) is 27.3 Å². The second-order valence-electron chi connectivity index (χ2n) is 5.41. The predicted molar refractivity (Wildman–Crippen MR) is 92.7 cm³/mol. The number of carbonyl (C=O) groups is 1. The third-order valence-corrected chi connectivity index (χ3v) is 3.25. The monoisotopic (exact) mass is 346 g/mol. The van der Waals surface area contributed by atoms with Gasteiger partial charge in [-0.15, -0.1) is 0 Å². The van der Waals surface area contributed by atoms with Crippen LogP contribution in [0.1, 0.15) is 26.3 Å². The molecule has 1 atom stereocenters. The van der Waals surface area contributed by atoms with E-state index >= 15 is 0 Å². The Morgan fingerprint density at radius 3 is 2.79 bits per heavy atom. The Kier molecular flexibility index (Phi) is 6.26. The third-order valence-electron chi connectivity index (χ3n) is 3.02. The lowest BCUT2D eigenvalue weighted by Crippen LogP contribution is -2.26. The molecule has 0 spiro atoms. The van der Waals surface area contributed by atoms with Crippen LogP contribution in [-0.2, 0) is 16.2 Å². The van der Waals surface area contributed by atoms with Crippen molar-refractivity contribution in [1.29, 1.82) is 0 Å². The van der Waals surface area contributed by atoms with Crippen molar-refractivity contribution in [3.05, 3.63) is 58.9 Å². The van der Waals surface area contributed by atoms with E-state index in [-0.39, 0.29) is 0 Å². The van der Waals surface area contributed by atoms with E-state index < -0.39 is 12.0 Å². The van der Waals surface area contributed by atoms with E-state index in [0.717, 1.165) is 11.3 Å². The van der Waals surface area contributed by atoms with Gasteiger partial charge in [0.2, 0.25) is 6.10 Å². The first kappa shape index (κ1) is 17.9. The van der Waals surface area contributed by atoms with Crippen LogP contribution in [0.5, 0.6) is 0 Å². The number of halogens is 1. The molecule has 2 heterocycles. The Morgan fingerprint density at radius 1 is 1.33 bits per heavy atom. The molecule has 0 aliphatic carbocycles. The van der Waals surface area contributed by atoms with Gasteiger partial charge in [-0.3, -0.25) is 4.79 Å². The van der Waals surface area contributed by atoms with Crippen LogP contribution in [0.3, 0.4) is 0 Å². The lowest BCUT2D eigenvalue weighted by Gasteiger charge is -2.09. The summed E-state index contributed by atoms with van der Waals surface area (Å²) in [5, 5.41) is 4.23. The molecule has 6 nitrogen and oxygen atoms in total. The van der Waals surface area contributed by atoms with Gasteiger partial charge < -0.3 is 9.40 Å².